The molecule has 4 aliphatic rings. The number of nitrogens with one attached hydrogen (secondary N) is 2. The number of amides is 2. The highest BCUT2D eigenvalue weighted by Crippen LogP contribution is 2.33. The van der Waals surface area contributed by atoms with Crippen LogP contribution in [0.15, 0.2) is 0 Å². The first-order valence-electron chi connectivity index (χ1n) is 16.1. The summed E-state index contributed by atoms with van der Waals surface area (Å²) in [7, 11) is 0. The maximum atomic E-state index is 12.4. The average molecular weight is 749 g/mol. The molecule has 0 aromatic heterocycles. The van der Waals surface area contributed by atoms with Crippen LogP contribution in [0, 0.1) is 0 Å². The zero-order valence-electron chi connectivity index (χ0n) is 27.4. The summed E-state index contributed by atoms with van der Waals surface area (Å²) in [4.78, 5) is 24.1. The summed E-state index contributed by atoms with van der Waals surface area (Å²) in [6.07, 6.45) is -31.2. The van der Waals surface area contributed by atoms with Gasteiger partial charge in [-0.05, 0) is 0 Å². The molecule has 296 valence electrons. The molecular formula is C28H48N2O21. The van der Waals surface area contributed by atoms with Crippen molar-refractivity contribution in [1.82, 2.24) is 10.6 Å². The van der Waals surface area contributed by atoms with E-state index in [0.717, 1.165) is 13.8 Å². The molecule has 0 saturated carbocycles. The Morgan fingerprint density at radius 1 is 0.510 bits per heavy atom. The highest BCUT2D eigenvalue weighted by molar-refractivity contribution is 5.73. The van der Waals surface area contributed by atoms with Crippen molar-refractivity contribution in [3.8, 4) is 0 Å². The third-order valence-electron chi connectivity index (χ3n) is 8.99. The first-order valence-corrected chi connectivity index (χ1v) is 16.1. The molecule has 4 heterocycles. The fourth-order valence-electron chi connectivity index (χ4n) is 6.25. The molecule has 23 nitrogen and oxygen atoms in total. The van der Waals surface area contributed by atoms with Crippen LogP contribution < -0.4 is 10.6 Å². The SMILES string of the molecule is CC(=O)N[C@@H]1[C@@H](O)[C@H](O[C@@H]2O[C@H](CO)[C@@H](O)[C@H](O[C@@H]3O[C@H](CO[C@H]4O[C@H](CO)[C@@H](O)[C@H](O)[C@@H]4O)[C@@H](O)[C@H](O)[C@@H]3O)[C@H]2NC(C)=O)[C@@H](CO)O[C@H]1O. The summed E-state index contributed by atoms with van der Waals surface area (Å²) in [5.41, 5.74) is 0. The molecule has 4 aliphatic heterocycles. The number of hydrogen-bond acceptors (Lipinski definition) is 21. The quantitative estimate of drug-likeness (QED) is 0.0881. The van der Waals surface area contributed by atoms with Crippen molar-refractivity contribution in [1.29, 1.82) is 0 Å². The Bertz CT molecular complexity index is 1140. The Kier molecular flexibility index (Phi) is 14.8. The van der Waals surface area contributed by atoms with E-state index in [4.69, 9.17) is 33.2 Å². The Morgan fingerprint density at radius 2 is 0.980 bits per heavy atom. The third kappa shape index (κ3) is 9.29. The summed E-state index contributed by atoms with van der Waals surface area (Å²) in [6.45, 7) is -1.03. The standard InChI is InChI=1S/C28H48N2O21/c1-7(34)29-13-18(39)23(11(5-33)46-25(13)44)50-26-14(30-8(2)35)24(17(38)10(4-32)47-26)51-28-22(43)20(41)16(37)12(49-28)6-45-27-21(42)19(40)15(36)9(3-31)48-27/h9-28,31-33,36-44H,3-6H2,1-2H3,(H,29,34)(H,30,35)/t9-,10-,11-,12-,13-,14-,15-,16-,17-,18-,19+,20+,21+,22+,23-,24-,25-,26+,27+,28+/m1/s1. The van der Waals surface area contributed by atoms with Crippen molar-refractivity contribution in [2.24, 2.45) is 0 Å². The van der Waals surface area contributed by atoms with E-state index in [0.29, 0.717) is 0 Å². The Hall–Kier alpha value is -1.82. The number of aliphatic hydroxyl groups excluding tert-OH is 12. The highest BCUT2D eigenvalue weighted by atomic mass is 16.8. The normalized spacial score (nSPS) is 47.8. The van der Waals surface area contributed by atoms with Gasteiger partial charge in [-0.3, -0.25) is 9.59 Å². The molecule has 0 unspecified atom stereocenters. The van der Waals surface area contributed by atoms with Crippen molar-refractivity contribution in [3.05, 3.63) is 0 Å². The van der Waals surface area contributed by atoms with E-state index >= 15 is 0 Å². The smallest absolute Gasteiger partial charge is 0.217 e. The van der Waals surface area contributed by atoms with Crippen LogP contribution in [0.2, 0.25) is 0 Å². The number of aliphatic hydroxyl groups is 12. The lowest BCUT2D eigenvalue weighted by Gasteiger charge is -2.49. The van der Waals surface area contributed by atoms with Gasteiger partial charge in [-0.25, -0.2) is 0 Å². The van der Waals surface area contributed by atoms with Crippen molar-refractivity contribution in [2.45, 2.75) is 137 Å². The molecular weight excluding hydrogens is 700 g/mol. The van der Waals surface area contributed by atoms with Gasteiger partial charge in [-0.1, -0.05) is 0 Å². The maximum absolute atomic E-state index is 12.4. The van der Waals surface area contributed by atoms with Crippen LogP contribution in [-0.4, -0.2) is 222 Å². The van der Waals surface area contributed by atoms with Crippen molar-refractivity contribution >= 4 is 11.8 Å². The van der Waals surface area contributed by atoms with Gasteiger partial charge in [0.1, 0.15) is 97.5 Å². The molecule has 4 rings (SSSR count). The third-order valence-corrected chi connectivity index (χ3v) is 8.99. The van der Waals surface area contributed by atoms with Crippen LogP contribution in [0.25, 0.3) is 0 Å². The lowest BCUT2D eigenvalue weighted by molar-refractivity contribution is -0.363. The van der Waals surface area contributed by atoms with Crippen LogP contribution in [0.3, 0.4) is 0 Å². The second kappa shape index (κ2) is 18.0. The summed E-state index contributed by atoms with van der Waals surface area (Å²) >= 11 is 0. The van der Waals surface area contributed by atoms with Crippen molar-refractivity contribution < 1.29 is 104 Å². The molecule has 0 bridgehead atoms. The maximum Gasteiger partial charge on any atom is 0.217 e. The summed E-state index contributed by atoms with van der Waals surface area (Å²) in [5.74, 6) is -1.42. The summed E-state index contributed by atoms with van der Waals surface area (Å²) in [6, 6.07) is -3.05. The molecule has 4 saturated heterocycles. The van der Waals surface area contributed by atoms with Gasteiger partial charge in [0.15, 0.2) is 25.2 Å². The first kappa shape index (κ1) is 41.9. The minimum absolute atomic E-state index is 0.667. The molecule has 2 amide bonds. The molecule has 0 aromatic carbocycles. The fraction of sp³-hybridized carbons (Fsp3) is 0.929. The Morgan fingerprint density at radius 3 is 1.55 bits per heavy atom. The van der Waals surface area contributed by atoms with Gasteiger partial charge in [0, 0.05) is 13.8 Å². The second-order valence-corrected chi connectivity index (χ2v) is 12.7. The average Bonchev–Trinajstić information content (AvgIpc) is 3.08. The van der Waals surface area contributed by atoms with E-state index in [9.17, 15) is 70.9 Å². The molecule has 14 N–H and O–H groups in total. The Labute approximate surface area is 289 Å². The van der Waals surface area contributed by atoms with Gasteiger partial charge in [0.2, 0.25) is 11.8 Å². The van der Waals surface area contributed by atoms with E-state index in [2.05, 4.69) is 10.6 Å². The van der Waals surface area contributed by atoms with Crippen molar-refractivity contribution in [3.63, 3.8) is 0 Å². The predicted octanol–water partition coefficient (Wildman–Crippen LogP) is -9.46. The highest BCUT2D eigenvalue weighted by Gasteiger charge is 2.55. The zero-order valence-corrected chi connectivity index (χ0v) is 27.4. The van der Waals surface area contributed by atoms with E-state index in [1.54, 1.807) is 0 Å². The van der Waals surface area contributed by atoms with Crippen LogP contribution >= 0.6 is 0 Å². The lowest BCUT2D eigenvalue weighted by atomic mass is 9.94. The monoisotopic (exact) mass is 748 g/mol. The molecule has 0 aromatic rings. The summed E-state index contributed by atoms with van der Waals surface area (Å²) < 4.78 is 39.1. The van der Waals surface area contributed by atoms with E-state index in [1.807, 2.05) is 0 Å². The topological polar surface area (TPSA) is 366 Å². The number of hydrogen-bond donors (Lipinski definition) is 14. The van der Waals surface area contributed by atoms with Gasteiger partial charge < -0.3 is 105 Å². The van der Waals surface area contributed by atoms with Gasteiger partial charge in [-0.15, -0.1) is 0 Å². The second-order valence-electron chi connectivity index (χ2n) is 12.7. The molecule has 0 radical (unpaired) electrons. The minimum Gasteiger partial charge on any atom is -0.394 e. The first-order chi connectivity index (χ1) is 24.0. The van der Waals surface area contributed by atoms with Gasteiger partial charge in [0.05, 0.1) is 26.4 Å². The largest absolute Gasteiger partial charge is 0.394 e. The van der Waals surface area contributed by atoms with Crippen LogP contribution in [-0.2, 0) is 42.7 Å². The predicted molar refractivity (Wildman–Crippen MR) is 157 cm³/mol. The van der Waals surface area contributed by atoms with E-state index in [-0.39, 0.29) is 0 Å². The van der Waals surface area contributed by atoms with Gasteiger partial charge in [-0.2, -0.15) is 0 Å². The van der Waals surface area contributed by atoms with Crippen LogP contribution in [0.4, 0.5) is 0 Å². The zero-order chi connectivity index (χ0) is 37.9. The molecule has 20 atom stereocenters. The number of carbonyl (C=O) groups excluding carboxylic acids is 2. The lowest BCUT2D eigenvalue weighted by Crippen LogP contribution is -2.70. The minimum atomic E-state index is -2.03. The molecule has 0 aliphatic carbocycles. The van der Waals surface area contributed by atoms with Crippen LogP contribution in [0.1, 0.15) is 13.8 Å². The van der Waals surface area contributed by atoms with Gasteiger partial charge in [0.25, 0.3) is 0 Å². The van der Waals surface area contributed by atoms with E-state index in [1.165, 1.54) is 0 Å². The molecule has 23 heteroatoms. The number of ether oxygens (including phenoxy) is 7. The molecule has 51 heavy (non-hydrogen) atoms. The van der Waals surface area contributed by atoms with Crippen LogP contribution in [0.5, 0.6) is 0 Å². The van der Waals surface area contributed by atoms with E-state index < -0.39 is 161 Å². The molecule has 4 fully saturated rings. The fourth-order valence-corrected chi connectivity index (χ4v) is 6.25. The van der Waals surface area contributed by atoms with Gasteiger partial charge >= 0.3 is 0 Å². The van der Waals surface area contributed by atoms with Crippen molar-refractivity contribution in [2.75, 3.05) is 26.4 Å². The summed E-state index contributed by atoms with van der Waals surface area (Å²) in [5, 5.41) is 129. The Balaban J connectivity index is 1.56. The number of carbonyl (C=O) groups is 2. The number of rotatable bonds is 12. The molecule has 0 spiro atoms.